The molecule has 1 saturated heterocycles. The molecule has 0 spiro atoms. The first-order chi connectivity index (χ1) is 10.4. The number of hydrogen-bond acceptors (Lipinski definition) is 6. The summed E-state index contributed by atoms with van der Waals surface area (Å²) in [6, 6.07) is 8.42. The zero-order chi connectivity index (χ0) is 14.1. The fraction of sp³-hybridized carbons (Fsp3) is 0.333. The third-order valence-corrected chi connectivity index (χ3v) is 4.75. The predicted octanol–water partition coefficient (Wildman–Crippen LogP) is 3.73. The van der Waals surface area contributed by atoms with Crippen LogP contribution in [0.1, 0.15) is 29.7 Å². The van der Waals surface area contributed by atoms with E-state index in [4.69, 9.17) is 8.83 Å². The Morgan fingerprint density at radius 3 is 3.10 bits per heavy atom. The van der Waals surface area contributed by atoms with Gasteiger partial charge in [-0.3, -0.25) is 4.90 Å². The number of furan rings is 1. The molecular weight excluding hydrogens is 286 g/mol. The van der Waals surface area contributed by atoms with Gasteiger partial charge in [0.05, 0.1) is 12.8 Å². The maximum Gasteiger partial charge on any atom is 0.283 e. The molecule has 0 amide bonds. The van der Waals surface area contributed by atoms with Crippen LogP contribution < -0.4 is 0 Å². The third-order valence-electron chi connectivity index (χ3n) is 3.77. The number of thiophene rings is 1. The Hall–Kier alpha value is -1.92. The normalized spacial score (nSPS) is 19.3. The molecule has 5 nitrogen and oxygen atoms in total. The molecule has 3 aromatic rings. The highest BCUT2D eigenvalue weighted by Gasteiger charge is 2.28. The molecular formula is C15H15N3O2S. The highest BCUT2D eigenvalue weighted by molar-refractivity contribution is 7.10. The molecule has 4 heterocycles. The molecule has 21 heavy (non-hydrogen) atoms. The second-order valence-electron chi connectivity index (χ2n) is 5.12. The summed E-state index contributed by atoms with van der Waals surface area (Å²) in [5.41, 5.74) is 0. The van der Waals surface area contributed by atoms with Crippen LogP contribution in [-0.4, -0.2) is 21.6 Å². The molecule has 4 rings (SSSR count). The molecule has 0 saturated carbocycles. The number of aromatic nitrogens is 2. The molecule has 0 bridgehead atoms. The van der Waals surface area contributed by atoms with Gasteiger partial charge in [0.15, 0.2) is 5.76 Å². The second kappa shape index (κ2) is 5.46. The molecule has 3 aromatic heterocycles. The van der Waals surface area contributed by atoms with E-state index in [9.17, 15) is 0 Å². The highest BCUT2D eigenvalue weighted by Crippen LogP contribution is 2.35. The number of hydrogen-bond donors (Lipinski definition) is 0. The molecule has 1 atom stereocenters. The zero-order valence-corrected chi connectivity index (χ0v) is 12.3. The summed E-state index contributed by atoms with van der Waals surface area (Å²) in [7, 11) is 0. The van der Waals surface area contributed by atoms with Crippen molar-refractivity contribution in [2.24, 2.45) is 0 Å². The Kier molecular flexibility index (Phi) is 3.33. The molecule has 1 aliphatic rings. The second-order valence-corrected chi connectivity index (χ2v) is 6.10. The van der Waals surface area contributed by atoms with Gasteiger partial charge in [-0.15, -0.1) is 21.5 Å². The van der Waals surface area contributed by atoms with Gasteiger partial charge < -0.3 is 8.83 Å². The van der Waals surface area contributed by atoms with E-state index in [-0.39, 0.29) is 0 Å². The van der Waals surface area contributed by atoms with Gasteiger partial charge in [0.2, 0.25) is 5.89 Å². The molecule has 6 heteroatoms. The smallest absolute Gasteiger partial charge is 0.283 e. The molecule has 0 radical (unpaired) electrons. The predicted molar refractivity (Wildman–Crippen MR) is 78.7 cm³/mol. The molecule has 1 fully saturated rings. The largest absolute Gasteiger partial charge is 0.459 e. The van der Waals surface area contributed by atoms with Crippen molar-refractivity contribution in [2.75, 3.05) is 6.54 Å². The quantitative estimate of drug-likeness (QED) is 0.735. The minimum absolute atomic E-state index is 0.446. The Balaban J connectivity index is 1.51. The van der Waals surface area contributed by atoms with Crippen molar-refractivity contribution >= 4 is 11.3 Å². The van der Waals surface area contributed by atoms with Crippen molar-refractivity contribution in [2.45, 2.75) is 25.4 Å². The molecule has 108 valence electrons. The first-order valence-corrected chi connectivity index (χ1v) is 7.92. The van der Waals surface area contributed by atoms with Crippen molar-refractivity contribution in [1.29, 1.82) is 0 Å². The van der Waals surface area contributed by atoms with Crippen molar-refractivity contribution in [3.8, 4) is 11.7 Å². The summed E-state index contributed by atoms with van der Waals surface area (Å²) in [6.45, 7) is 1.76. The van der Waals surface area contributed by atoms with Crippen LogP contribution in [0, 0.1) is 0 Å². The van der Waals surface area contributed by atoms with Gasteiger partial charge in [0.25, 0.3) is 5.89 Å². The van der Waals surface area contributed by atoms with Crippen molar-refractivity contribution in [1.82, 2.24) is 15.1 Å². The van der Waals surface area contributed by atoms with Gasteiger partial charge in [0.1, 0.15) is 0 Å². The Morgan fingerprint density at radius 2 is 2.29 bits per heavy atom. The fourth-order valence-corrected chi connectivity index (χ4v) is 3.70. The van der Waals surface area contributed by atoms with Gasteiger partial charge in [-0.2, -0.15) is 0 Å². The van der Waals surface area contributed by atoms with Crippen LogP contribution in [0.25, 0.3) is 11.7 Å². The Labute approximate surface area is 126 Å². The average Bonchev–Trinajstić information content (AvgIpc) is 3.28. The molecule has 1 aliphatic heterocycles. The lowest BCUT2D eigenvalue weighted by atomic mass is 10.2. The minimum atomic E-state index is 0.446. The monoisotopic (exact) mass is 301 g/mol. The van der Waals surface area contributed by atoms with Crippen molar-refractivity contribution in [3.05, 3.63) is 46.7 Å². The summed E-state index contributed by atoms with van der Waals surface area (Å²) in [5, 5.41) is 10.3. The van der Waals surface area contributed by atoms with Crippen LogP contribution >= 0.6 is 11.3 Å². The van der Waals surface area contributed by atoms with E-state index in [2.05, 4.69) is 32.6 Å². The lowest BCUT2D eigenvalue weighted by Crippen LogP contribution is -2.22. The third kappa shape index (κ3) is 2.52. The minimum Gasteiger partial charge on any atom is -0.459 e. The van der Waals surface area contributed by atoms with Crippen LogP contribution in [0.2, 0.25) is 0 Å². The standard InChI is InChI=1S/C15H15N3O2S/c1-4-11(13-6-3-9-21-13)18(7-1)10-14-16-17-15(20-14)12-5-2-8-19-12/h2-3,5-6,8-9,11H,1,4,7,10H2/t11-/m1/s1. The zero-order valence-electron chi connectivity index (χ0n) is 11.4. The number of rotatable bonds is 4. The molecule has 0 aliphatic carbocycles. The Morgan fingerprint density at radius 1 is 1.29 bits per heavy atom. The van der Waals surface area contributed by atoms with Crippen LogP contribution in [0.15, 0.2) is 44.7 Å². The van der Waals surface area contributed by atoms with Crippen molar-refractivity contribution < 1.29 is 8.83 Å². The van der Waals surface area contributed by atoms with Crippen LogP contribution in [0.5, 0.6) is 0 Å². The highest BCUT2D eigenvalue weighted by atomic mass is 32.1. The van der Waals surface area contributed by atoms with Crippen LogP contribution in [-0.2, 0) is 6.54 Å². The summed E-state index contributed by atoms with van der Waals surface area (Å²) in [5.74, 6) is 1.71. The first-order valence-electron chi connectivity index (χ1n) is 7.04. The summed E-state index contributed by atoms with van der Waals surface area (Å²) in [4.78, 5) is 3.82. The lowest BCUT2D eigenvalue weighted by Gasteiger charge is -2.21. The lowest BCUT2D eigenvalue weighted by molar-refractivity contribution is 0.226. The van der Waals surface area contributed by atoms with E-state index < -0.39 is 0 Å². The van der Waals surface area contributed by atoms with Gasteiger partial charge in [-0.1, -0.05) is 6.07 Å². The fourth-order valence-electron chi connectivity index (χ4n) is 2.81. The Bertz CT molecular complexity index is 690. The van der Waals surface area contributed by atoms with E-state index >= 15 is 0 Å². The van der Waals surface area contributed by atoms with E-state index in [1.54, 1.807) is 6.26 Å². The van der Waals surface area contributed by atoms with Gasteiger partial charge in [0, 0.05) is 10.9 Å². The van der Waals surface area contributed by atoms with Gasteiger partial charge in [-0.25, -0.2) is 0 Å². The topological polar surface area (TPSA) is 55.3 Å². The van der Waals surface area contributed by atoms with Crippen LogP contribution in [0.4, 0.5) is 0 Å². The van der Waals surface area contributed by atoms with Gasteiger partial charge >= 0.3 is 0 Å². The SMILES string of the molecule is c1coc(-c2nnc(CN3CCC[C@@H]3c3cccs3)o2)c1. The summed E-state index contributed by atoms with van der Waals surface area (Å²) in [6.07, 6.45) is 4.01. The summed E-state index contributed by atoms with van der Waals surface area (Å²) < 4.78 is 11.0. The van der Waals surface area contributed by atoms with Crippen molar-refractivity contribution in [3.63, 3.8) is 0 Å². The average molecular weight is 301 g/mol. The number of likely N-dealkylation sites (tertiary alicyclic amines) is 1. The maximum atomic E-state index is 5.70. The van der Waals surface area contributed by atoms with Crippen LogP contribution in [0.3, 0.4) is 0 Å². The van der Waals surface area contributed by atoms with E-state index in [0.717, 1.165) is 6.54 Å². The number of nitrogens with zero attached hydrogens (tertiary/aromatic N) is 3. The molecule has 0 unspecified atom stereocenters. The maximum absolute atomic E-state index is 5.70. The van der Waals surface area contributed by atoms with Gasteiger partial charge in [-0.05, 0) is 43.0 Å². The first kappa shape index (κ1) is 12.8. The van der Waals surface area contributed by atoms with E-state index in [0.29, 0.717) is 30.1 Å². The molecule has 0 N–H and O–H groups in total. The molecule has 0 aromatic carbocycles. The van der Waals surface area contributed by atoms with E-state index in [1.165, 1.54) is 17.7 Å². The summed E-state index contributed by atoms with van der Waals surface area (Å²) >= 11 is 1.81. The van der Waals surface area contributed by atoms with E-state index in [1.807, 2.05) is 23.5 Å².